The van der Waals surface area contributed by atoms with Crippen molar-refractivity contribution in [1.29, 1.82) is 0 Å². The number of aliphatic hydroxyl groups is 1. The van der Waals surface area contributed by atoms with Crippen LogP contribution in [0.15, 0.2) is 170 Å². The Bertz CT molecular complexity index is 1610. The lowest BCUT2D eigenvalue weighted by Crippen LogP contribution is -2.35. The Labute approximate surface area is 230 Å². The van der Waals surface area contributed by atoms with Crippen LogP contribution in [0.1, 0.15) is 28.2 Å². The van der Waals surface area contributed by atoms with Crippen molar-refractivity contribution < 1.29 is 5.11 Å². The Morgan fingerprint density at radius 3 is 1.15 bits per heavy atom. The van der Waals surface area contributed by atoms with Crippen molar-refractivity contribution in [3.8, 4) is 22.3 Å². The van der Waals surface area contributed by atoms with Gasteiger partial charge in [-0.25, -0.2) is 0 Å². The highest BCUT2D eigenvalue weighted by Gasteiger charge is 2.42. The monoisotopic (exact) mass is 502 g/mol. The third-order valence-electron chi connectivity index (χ3n) is 7.55. The standard InChI is InChI=1S/C38H30O/c39-38(35-19-11-4-12-20-35,36-27-25-32(26-28-36)30-15-7-2-8-16-30)37(33-17-9-3-10-18-33)34-23-21-31(22-24-34)29-13-5-1-6-14-29/h1-28,37,39H. The lowest BCUT2D eigenvalue weighted by molar-refractivity contribution is 0.0625. The van der Waals surface area contributed by atoms with Gasteiger partial charge >= 0.3 is 0 Å². The van der Waals surface area contributed by atoms with Crippen LogP contribution in [-0.2, 0) is 5.60 Å². The first kappa shape index (κ1) is 24.6. The fraction of sp³-hybridized carbons (Fsp3) is 0.0526. The van der Waals surface area contributed by atoms with Gasteiger partial charge in [-0.15, -0.1) is 0 Å². The van der Waals surface area contributed by atoms with Crippen molar-refractivity contribution in [2.24, 2.45) is 0 Å². The van der Waals surface area contributed by atoms with Gasteiger partial charge in [-0.3, -0.25) is 0 Å². The fourth-order valence-electron chi connectivity index (χ4n) is 5.56. The summed E-state index contributed by atoms with van der Waals surface area (Å²) in [5, 5.41) is 13.0. The van der Waals surface area contributed by atoms with Crippen molar-refractivity contribution in [3.05, 3.63) is 192 Å². The Hall–Kier alpha value is -4.72. The van der Waals surface area contributed by atoms with E-state index < -0.39 is 5.60 Å². The maximum absolute atomic E-state index is 13.0. The molecule has 6 rings (SSSR count). The van der Waals surface area contributed by atoms with Crippen LogP contribution in [0.2, 0.25) is 0 Å². The third-order valence-corrected chi connectivity index (χ3v) is 7.55. The van der Waals surface area contributed by atoms with E-state index in [1.807, 2.05) is 72.8 Å². The van der Waals surface area contributed by atoms with E-state index in [-0.39, 0.29) is 5.92 Å². The minimum Gasteiger partial charge on any atom is -0.379 e. The fourth-order valence-corrected chi connectivity index (χ4v) is 5.56. The molecule has 0 saturated carbocycles. The summed E-state index contributed by atoms with van der Waals surface area (Å²) in [6.45, 7) is 0. The smallest absolute Gasteiger partial charge is 0.125 e. The van der Waals surface area contributed by atoms with Gasteiger partial charge in [0.2, 0.25) is 0 Å². The van der Waals surface area contributed by atoms with Gasteiger partial charge < -0.3 is 5.11 Å². The zero-order valence-electron chi connectivity index (χ0n) is 21.7. The van der Waals surface area contributed by atoms with E-state index in [0.29, 0.717) is 0 Å². The molecule has 1 heteroatoms. The SMILES string of the molecule is OC(c1ccccc1)(c1ccc(-c2ccccc2)cc1)C(c1ccccc1)c1ccc(-c2ccccc2)cc1. The second kappa shape index (κ2) is 10.9. The minimum absolute atomic E-state index is 0.325. The lowest BCUT2D eigenvalue weighted by atomic mass is 9.69. The van der Waals surface area contributed by atoms with Gasteiger partial charge in [0, 0.05) is 5.92 Å². The van der Waals surface area contributed by atoms with Gasteiger partial charge in [0.25, 0.3) is 0 Å². The van der Waals surface area contributed by atoms with Crippen molar-refractivity contribution in [3.63, 3.8) is 0 Å². The predicted molar refractivity (Wildman–Crippen MR) is 161 cm³/mol. The van der Waals surface area contributed by atoms with E-state index >= 15 is 0 Å². The van der Waals surface area contributed by atoms with Gasteiger partial charge in [0.15, 0.2) is 0 Å². The average molecular weight is 503 g/mol. The Morgan fingerprint density at radius 1 is 0.333 bits per heavy atom. The molecule has 2 atom stereocenters. The van der Waals surface area contributed by atoms with Gasteiger partial charge in [-0.1, -0.05) is 170 Å². The molecular formula is C38H30O. The summed E-state index contributed by atoms with van der Waals surface area (Å²) < 4.78 is 0. The van der Waals surface area contributed by atoms with Crippen molar-refractivity contribution in [1.82, 2.24) is 0 Å². The molecule has 0 aliphatic rings. The predicted octanol–water partition coefficient (Wildman–Crippen LogP) is 9.09. The van der Waals surface area contributed by atoms with Crippen molar-refractivity contribution >= 4 is 0 Å². The zero-order chi connectivity index (χ0) is 26.5. The highest BCUT2D eigenvalue weighted by atomic mass is 16.3. The van der Waals surface area contributed by atoms with Crippen LogP contribution in [0.5, 0.6) is 0 Å². The molecule has 0 saturated heterocycles. The minimum atomic E-state index is -1.30. The maximum atomic E-state index is 13.0. The topological polar surface area (TPSA) is 20.2 Å². The Balaban J connectivity index is 1.51. The highest BCUT2D eigenvalue weighted by Crippen LogP contribution is 2.47. The zero-order valence-corrected chi connectivity index (χ0v) is 21.7. The molecule has 6 aromatic rings. The van der Waals surface area contributed by atoms with Gasteiger partial charge in [-0.2, -0.15) is 0 Å². The largest absolute Gasteiger partial charge is 0.379 e. The first-order chi connectivity index (χ1) is 19.2. The van der Waals surface area contributed by atoms with Crippen LogP contribution in [0.4, 0.5) is 0 Å². The molecule has 39 heavy (non-hydrogen) atoms. The molecular weight excluding hydrogens is 472 g/mol. The molecule has 0 aliphatic heterocycles. The summed E-state index contributed by atoms with van der Waals surface area (Å²) in [5.74, 6) is -0.325. The number of hydrogen-bond acceptors (Lipinski definition) is 1. The quantitative estimate of drug-likeness (QED) is 0.231. The summed E-state index contributed by atoms with van der Waals surface area (Å²) in [6, 6.07) is 58.1. The summed E-state index contributed by atoms with van der Waals surface area (Å²) >= 11 is 0. The number of rotatable bonds is 7. The van der Waals surface area contributed by atoms with E-state index in [2.05, 4.69) is 97.1 Å². The molecule has 0 aromatic heterocycles. The molecule has 0 heterocycles. The van der Waals surface area contributed by atoms with Crippen molar-refractivity contribution in [2.75, 3.05) is 0 Å². The van der Waals surface area contributed by atoms with E-state index in [4.69, 9.17) is 0 Å². The van der Waals surface area contributed by atoms with Crippen LogP contribution in [0, 0.1) is 0 Å². The molecule has 0 fully saturated rings. The van der Waals surface area contributed by atoms with E-state index in [9.17, 15) is 5.11 Å². The highest BCUT2D eigenvalue weighted by molar-refractivity contribution is 5.65. The van der Waals surface area contributed by atoms with Gasteiger partial charge in [0.05, 0.1) is 0 Å². The van der Waals surface area contributed by atoms with Crippen LogP contribution in [0.3, 0.4) is 0 Å². The molecule has 1 nitrogen and oxygen atoms in total. The van der Waals surface area contributed by atoms with Gasteiger partial charge in [0.1, 0.15) is 5.60 Å². The first-order valence-corrected chi connectivity index (χ1v) is 13.4. The first-order valence-electron chi connectivity index (χ1n) is 13.4. The molecule has 0 spiro atoms. The summed E-state index contributed by atoms with van der Waals surface area (Å²) in [4.78, 5) is 0. The Kier molecular flexibility index (Phi) is 6.91. The molecule has 2 unspecified atom stereocenters. The third kappa shape index (κ3) is 4.93. The Morgan fingerprint density at radius 2 is 0.667 bits per heavy atom. The molecule has 188 valence electrons. The molecule has 0 radical (unpaired) electrons. The maximum Gasteiger partial charge on any atom is 0.125 e. The van der Waals surface area contributed by atoms with Crippen LogP contribution in [-0.4, -0.2) is 5.11 Å². The van der Waals surface area contributed by atoms with Crippen molar-refractivity contribution in [2.45, 2.75) is 11.5 Å². The van der Waals surface area contributed by atoms with Gasteiger partial charge in [-0.05, 0) is 44.5 Å². The van der Waals surface area contributed by atoms with Crippen LogP contribution >= 0.6 is 0 Å². The summed E-state index contributed by atoms with van der Waals surface area (Å²) in [7, 11) is 0. The lowest BCUT2D eigenvalue weighted by Gasteiger charge is -2.38. The second-order valence-corrected chi connectivity index (χ2v) is 9.91. The molecule has 0 aliphatic carbocycles. The van der Waals surface area contributed by atoms with Crippen LogP contribution in [0.25, 0.3) is 22.3 Å². The molecule has 1 N–H and O–H groups in total. The molecule has 0 amide bonds. The average Bonchev–Trinajstić information content (AvgIpc) is 3.03. The number of hydrogen-bond donors (Lipinski definition) is 1. The van der Waals surface area contributed by atoms with Crippen LogP contribution < -0.4 is 0 Å². The van der Waals surface area contributed by atoms with E-state index in [1.165, 1.54) is 5.56 Å². The summed E-state index contributed by atoms with van der Waals surface area (Å²) in [5.41, 5.74) is 7.14. The second-order valence-electron chi connectivity index (χ2n) is 9.91. The summed E-state index contributed by atoms with van der Waals surface area (Å²) in [6.07, 6.45) is 0. The molecule has 6 aromatic carbocycles. The van der Waals surface area contributed by atoms with E-state index in [1.54, 1.807) is 0 Å². The molecule has 0 bridgehead atoms. The number of benzene rings is 6. The normalized spacial score (nSPS) is 13.4. The van der Waals surface area contributed by atoms with E-state index in [0.717, 1.165) is 38.9 Å².